The Bertz CT molecular complexity index is 1260. The molecule has 2 heterocycles. The monoisotopic (exact) mass is 491 g/mol. The second-order valence-electron chi connectivity index (χ2n) is 9.53. The molecule has 0 radical (unpaired) electrons. The average Bonchev–Trinajstić information content (AvgIpc) is 3.21. The van der Waals surface area contributed by atoms with E-state index in [1.54, 1.807) is 36.4 Å². The lowest BCUT2D eigenvalue weighted by Crippen LogP contribution is -2.36. The van der Waals surface area contributed by atoms with Gasteiger partial charge in [-0.25, -0.2) is 4.39 Å². The third-order valence-electron chi connectivity index (χ3n) is 6.98. The molecule has 0 spiro atoms. The molecular weight excluding hydrogens is 461 g/mol. The minimum absolute atomic E-state index is 0.0300. The van der Waals surface area contributed by atoms with Crippen LogP contribution in [0.3, 0.4) is 0 Å². The molecule has 1 unspecified atom stereocenters. The zero-order chi connectivity index (χ0) is 25.4. The number of hydrogen-bond donors (Lipinski definition) is 3. The van der Waals surface area contributed by atoms with Gasteiger partial charge < -0.3 is 24.8 Å². The normalized spacial score (nSPS) is 22.7. The number of phenols is 2. The van der Waals surface area contributed by atoms with Crippen molar-refractivity contribution in [2.24, 2.45) is 0 Å². The van der Waals surface area contributed by atoms with E-state index in [9.17, 15) is 19.7 Å². The second kappa shape index (κ2) is 9.84. The summed E-state index contributed by atoms with van der Waals surface area (Å²) >= 11 is 0. The summed E-state index contributed by atoms with van der Waals surface area (Å²) in [6.07, 6.45) is -2.58. The summed E-state index contributed by atoms with van der Waals surface area (Å²) in [6, 6.07) is 19.7. The fraction of sp³-hybridized carbons (Fsp3) is 0.310. The number of benzene rings is 3. The van der Waals surface area contributed by atoms with Crippen LogP contribution in [0.2, 0.25) is 0 Å². The Labute approximate surface area is 209 Å². The predicted molar refractivity (Wildman–Crippen MR) is 136 cm³/mol. The molecule has 1 saturated heterocycles. The maximum absolute atomic E-state index is 13.7. The topological polar surface area (TPSA) is 82.4 Å². The number of nitrogens with zero attached hydrogens (tertiary/aromatic N) is 1. The summed E-state index contributed by atoms with van der Waals surface area (Å²) in [5.41, 5.74) is 4.41. The predicted octanol–water partition coefficient (Wildman–Crippen LogP) is 4.94. The number of aromatic hydroxyl groups is 2. The summed E-state index contributed by atoms with van der Waals surface area (Å²) in [7, 11) is 0. The van der Waals surface area contributed by atoms with Gasteiger partial charge in [0.05, 0.1) is 6.10 Å². The fourth-order valence-corrected chi connectivity index (χ4v) is 4.91. The van der Waals surface area contributed by atoms with E-state index >= 15 is 0 Å². The van der Waals surface area contributed by atoms with Crippen LogP contribution in [0.15, 0.2) is 66.7 Å². The molecule has 5 rings (SSSR count). The smallest absolute Gasteiger partial charge is 0.150 e. The number of likely N-dealkylation sites (tertiary alicyclic amines) is 1. The highest BCUT2D eigenvalue weighted by molar-refractivity contribution is 5.95. The summed E-state index contributed by atoms with van der Waals surface area (Å²) in [5.74, 6) is 1.68. The van der Waals surface area contributed by atoms with Gasteiger partial charge in [0.15, 0.2) is 0 Å². The van der Waals surface area contributed by atoms with Crippen LogP contribution in [0, 0.1) is 0 Å². The SMILES string of the molecule is CC1=C(c2cccc(O)c2)C(c2ccc(OC[C@H](C)N3C[C@H](O)[C@@H](F)C3)cc2)Oc2ccc(O)cc21. The van der Waals surface area contributed by atoms with Crippen LogP contribution in [0.1, 0.15) is 36.6 Å². The zero-order valence-corrected chi connectivity index (χ0v) is 20.3. The molecule has 6 nitrogen and oxygen atoms in total. The molecule has 2 aliphatic heterocycles. The lowest BCUT2D eigenvalue weighted by atomic mass is 9.86. The molecule has 188 valence electrons. The molecule has 0 aromatic heterocycles. The molecule has 3 N–H and O–H groups in total. The molecule has 3 aromatic rings. The van der Waals surface area contributed by atoms with E-state index < -0.39 is 18.4 Å². The standard InChI is InChI=1S/C29H30FNO5/c1-17(31-14-25(30)26(34)15-31)16-35-23-9-6-19(7-10-23)29-28(20-4-3-5-21(32)12-20)18(2)24-13-22(33)8-11-27(24)36-29/h3-13,17,25-26,29,32-34H,14-16H2,1-2H3/t17-,25-,26-,29?/m0/s1. The van der Waals surface area contributed by atoms with Crippen LogP contribution in [0.4, 0.5) is 4.39 Å². The van der Waals surface area contributed by atoms with Gasteiger partial charge in [-0.15, -0.1) is 0 Å². The molecule has 0 aliphatic carbocycles. The van der Waals surface area contributed by atoms with Crippen molar-refractivity contribution in [1.82, 2.24) is 4.90 Å². The Hall–Kier alpha value is -3.55. The van der Waals surface area contributed by atoms with Gasteiger partial charge in [0.2, 0.25) is 0 Å². The number of halogens is 1. The van der Waals surface area contributed by atoms with Crippen molar-refractivity contribution in [3.8, 4) is 23.0 Å². The van der Waals surface area contributed by atoms with E-state index in [1.807, 2.05) is 49.1 Å². The Morgan fingerprint density at radius 1 is 1.03 bits per heavy atom. The summed E-state index contributed by atoms with van der Waals surface area (Å²) in [5, 5.41) is 29.8. The number of aliphatic hydroxyl groups excluding tert-OH is 1. The molecule has 0 saturated carbocycles. The van der Waals surface area contributed by atoms with Crippen molar-refractivity contribution in [3.63, 3.8) is 0 Å². The largest absolute Gasteiger partial charge is 0.508 e. The third kappa shape index (κ3) is 4.76. The summed E-state index contributed by atoms with van der Waals surface area (Å²) in [6.45, 7) is 4.85. The third-order valence-corrected chi connectivity index (χ3v) is 6.98. The lowest BCUT2D eigenvalue weighted by Gasteiger charge is -2.31. The van der Waals surface area contributed by atoms with Crippen LogP contribution in [-0.4, -0.2) is 58.2 Å². The Balaban J connectivity index is 1.39. The van der Waals surface area contributed by atoms with Crippen LogP contribution in [-0.2, 0) is 0 Å². The molecule has 36 heavy (non-hydrogen) atoms. The van der Waals surface area contributed by atoms with Crippen LogP contribution < -0.4 is 9.47 Å². The summed E-state index contributed by atoms with van der Waals surface area (Å²) in [4.78, 5) is 1.89. The number of rotatable bonds is 6. The van der Waals surface area contributed by atoms with Crippen molar-refractivity contribution >= 4 is 11.1 Å². The first kappa shape index (κ1) is 24.2. The first-order chi connectivity index (χ1) is 17.3. The van der Waals surface area contributed by atoms with Gasteiger partial charge in [0.25, 0.3) is 0 Å². The number of hydrogen-bond acceptors (Lipinski definition) is 6. The van der Waals surface area contributed by atoms with Gasteiger partial charge in [-0.1, -0.05) is 24.3 Å². The molecule has 7 heteroatoms. The van der Waals surface area contributed by atoms with Gasteiger partial charge in [0, 0.05) is 30.3 Å². The van der Waals surface area contributed by atoms with Gasteiger partial charge in [-0.3, -0.25) is 4.90 Å². The van der Waals surface area contributed by atoms with Gasteiger partial charge >= 0.3 is 0 Å². The molecule has 3 aromatic carbocycles. The first-order valence-corrected chi connectivity index (χ1v) is 12.1. The second-order valence-corrected chi connectivity index (χ2v) is 9.53. The van der Waals surface area contributed by atoms with Crippen molar-refractivity contribution in [3.05, 3.63) is 83.4 Å². The Morgan fingerprint density at radius 2 is 1.78 bits per heavy atom. The van der Waals surface area contributed by atoms with E-state index in [4.69, 9.17) is 9.47 Å². The Morgan fingerprint density at radius 3 is 2.47 bits per heavy atom. The van der Waals surface area contributed by atoms with Crippen LogP contribution >= 0.6 is 0 Å². The highest BCUT2D eigenvalue weighted by Gasteiger charge is 2.34. The van der Waals surface area contributed by atoms with Gasteiger partial charge in [-0.05, 0) is 73.0 Å². The van der Waals surface area contributed by atoms with Crippen molar-refractivity contribution in [1.29, 1.82) is 0 Å². The van der Waals surface area contributed by atoms with Crippen molar-refractivity contribution in [2.75, 3.05) is 19.7 Å². The van der Waals surface area contributed by atoms with E-state index in [-0.39, 0.29) is 24.1 Å². The Kier molecular flexibility index (Phi) is 6.60. The molecule has 4 atom stereocenters. The minimum atomic E-state index is -1.21. The van der Waals surface area contributed by atoms with Crippen LogP contribution in [0.25, 0.3) is 11.1 Å². The van der Waals surface area contributed by atoms with Gasteiger partial charge in [-0.2, -0.15) is 0 Å². The van der Waals surface area contributed by atoms with Crippen molar-refractivity contribution < 1.29 is 29.2 Å². The number of fused-ring (bicyclic) bond motifs is 1. The minimum Gasteiger partial charge on any atom is -0.508 e. The highest BCUT2D eigenvalue weighted by atomic mass is 19.1. The summed E-state index contributed by atoms with van der Waals surface area (Å²) < 4.78 is 26.0. The maximum Gasteiger partial charge on any atom is 0.150 e. The molecule has 2 aliphatic rings. The van der Waals surface area contributed by atoms with E-state index in [0.29, 0.717) is 24.7 Å². The van der Waals surface area contributed by atoms with E-state index in [1.165, 1.54) is 0 Å². The van der Waals surface area contributed by atoms with Crippen LogP contribution in [0.5, 0.6) is 23.0 Å². The number of aliphatic hydroxyl groups is 1. The zero-order valence-electron chi connectivity index (χ0n) is 20.3. The van der Waals surface area contributed by atoms with E-state index in [2.05, 4.69) is 0 Å². The number of phenolic OH excluding ortho intramolecular Hbond substituents is 2. The number of ether oxygens (including phenoxy) is 2. The number of allylic oxidation sites excluding steroid dienone is 1. The highest BCUT2D eigenvalue weighted by Crippen LogP contribution is 2.47. The molecule has 0 amide bonds. The maximum atomic E-state index is 13.7. The van der Waals surface area contributed by atoms with E-state index in [0.717, 1.165) is 27.8 Å². The molecule has 0 bridgehead atoms. The number of alkyl halides is 1. The van der Waals surface area contributed by atoms with Crippen molar-refractivity contribution in [2.45, 2.75) is 38.3 Å². The molecular formula is C29H30FNO5. The first-order valence-electron chi connectivity index (χ1n) is 12.1. The molecule has 1 fully saturated rings. The fourth-order valence-electron chi connectivity index (χ4n) is 4.91. The average molecular weight is 492 g/mol. The van der Waals surface area contributed by atoms with Gasteiger partial charge in [0.1, 0.15) is 41.9 Å². The number of β-amino-alcohol motifs (C(OH)–C–C–N with tert-alkyl or cyclic N) is 1. The lowest BCUT2D eigenvalue weighted by molar-refractivity contribution is 0.112. The quantitative estimate of drug-likeness (QED) is 0.453.